The van der Waals surface area contributed by atoms with E-state index in [1.807, 2.05) is 60.7 Å². The van der Waals surface area contributed by atoms with Gasteiger partial charge >= 0.3 is 5.97 Å². The summed E-state index contributed by atoms with van der Waals surface area (Å²) in [6.07, 6.45) is -1.97. The third-order valence-electron chi connectivity index (χ3n) is 5.72. The van der Waals surface area contributed by atoms with Gasteiger partial charge in [-0.3, -0.25) is 4.79 Å². The number of ether oxygens (including phenoxy) is 2. The zero-order valence-electron chi connectivity index (χ0n) is 17.5. The van der Waals surface area contributed by atoms with E-state index < -0.39 is 36.0 Å². The number of fused-ring (bicyclic) bond motifs is 1. The molecule has 2 fully saturated rings. The highest BCUT2D eigenvalue weighted by molar-refractivity contribution is 8.00. The molecule has 0 radical (unpaired) electrons. The molecule has 7 nitrogen and oxygen atoms in total. The number of benzene rings is 2. The molecule has 3 N–H and O–H groups in total. The average Bonchev–Trinajstić information content (AvgIpc) is 2.82. The lowest BCUT2D eigenvalue weighted by atomic mass is 9.90. The second kappa shape index (κ2) is 9.41. The van der Waals surface area contributed by atoms with E-state index in [2.05, 4.69) is 0 Å². The number of hydrogen-bond donors (Lipinski definition) is 2. The van der Waals surface area contributed by atoms with Gasteiger partial charge in [0.25, 0.3) is 0 Å². The molecule has 170 valence electrons. The first kappa shape index (κ1) is 23.1. The summed E-state index contributed by atoms with van der Waals surface area (Å²) in [5.74, 6) is -0.812. The van der Waals surface area contributed by atoms with Crippen LogP contribution in [0, 0.1) is 0 Å². The second-order valence-corrected chi connectivity index (χ2v) is 9.47. The number of carbonyl (C=O) groups is 2. The minimum Gasteiger partial charge on any atom is -0.451 e. The van der Waals surface area contributed by atoms with Gasteiger partial charge in [-0.05, 0) is 18.1 Å². The number of esters is 1. The van der Waals surface area contributed by atoms with Crippen LogP contribution in [0.25, 0.3) is 0 Å². The molecule has 2 aliphatic rings. The van der Waals surface area contributed by atoms with Crippen molar-refractivity contribution in [3.05, 3.63) is 71.8 Å². The number of alkyl halides is 1. The van der Waals surface area contributed by atoms with Gasteiger partial charge in [-0.15, -0.1) is 23.4 Å². The lowest BCUT2D eigenvalue weighted by Crippen LogP contribution is -2.78. The first-order valence-corrected chi connectivity index (χ1v) is 11.9. The fraction of sp³-hybridized carbons (Fsp3) is 0.391. The standard InChI is InChI=1S/C23H25ClN2O5S/c1-23(31-16(27)12-24)13-32-21-17(25)20(28)26(21)19(23)22(29)30-18(14-8-4-2-5-9-14)15-10-6-3-7-11-15/h2-11,16-19,21,27H,12-13,25H2,1H3/t16?,17-,19+,21?,23?/m1/s1. The molecule has 4 rings (SSSR count). The number of halogens is 1. The third-order valence-corrected chi connectivity index (χ3v) is 7.58. The van der Waals surface area contributed by atoms with Gasteiger partial charge < -0.3 is 25.2 Å². The molecule has 1 amide bonds. The Morgan fingerprint density at radius 1 is 1.22 bits per heavy atom. The summed E-state index contributed by atoms with van der Waals surface area (Å²) in [7, 11) is 0. The lowest BCUT2D eigenvalue weighted by molar-refractivity contribution is -0.210. The van der Waals surface area contributed by atoms with Crippen LogP contribution in [0.2, 0.25) is 0 Å². The summed E-state index contributed by atoms with van der Waals surface area (Å²) < 4.78 is 11.8. The number of amides is 1. The van der Waals surface area contributed by atoms with Gasteiger partial charge in [0.05, 0.1) is 5.88 Å². The van der Waals surface area contributed by atoms with E-state index in [4.69, 9.17) is 26.8 Å². The molecular formula is C23H25ClN2O5S. The van der Waals surface area contributed by atoms with Crippen LogP contribution in [0.3, 0.4) is 0 Å². The van der Waals surface area contributed by atoms with Crippen LogP contribution < -0.4 is 5.73 Å². The molecule has 9 heteroatoms. The maximum atomic E-state index is 13.6. The summed E-state index contributed by atoms with van der Waals surface area (Å²) in [5, 5.41) is 9.71. The maximum Gasteiger partial charge on any atom is 0.332 e. The van der Waals surface area contributed by atoms with Crippen molar-refractivity contribution in [3.63, 3.8) is 0 Å². The van der Waals surface area contributed by atoms with E-state index in [0.29, 0.717) is 5.75 Å². The van der Waals surface area contributed by atoms with Crippen LogP contribution in [0.4, 0.5) is 0 Å². The lowest BCUT2D eigenvalue weighted by Gasteiger charge is -2.57. The average molecular weight is 477 g/mol. The molecule has 2 heterocycles. The van der Waals surface area contributed by atoms with E-state index in [0.717, 1.165) is 11.1 Å². The van der Waals surface area contributed by atoms with Crippen LogP contribution in [0.5, 0.6) is 0 Å². The minimum absolute atomic E-state index is 0.171. The van der Waals surface area contributed by atoms with Crippen molar-refractivity contribution in [1.82, 2.24) is 4.90 Å². The van der Waals surface area contributed by atoms with Gasteiger partial charge in [0.15, 0.2) is 18.4 Å². The maximum absolute atomic E-state index is 13.6. The number of carbonyl (C=O) groups excluding carboxylic acids is 2. The zero-order chi connectivity index (χ0) is 22.9. The summed E-state index contributed by atoms with van der Waals surface area (Å²) in [6.45, 7) is 1.68. The van der Waals surface area contributed by atoms with E-state index >= 15 is 0 Å². The molecule has 0 spiro atoms. The minimum atomic E-state index is -1.29. The highest BCUT2D eigenvalue weighted by Gasteiger charge is 2.61. The molecule has 2 aliphatic heterocycles. The Kier molecular flexibility index (Phi) is 6.78. The topological polar surface area (TPSA) is 102 Å². The van der Waals surface area contributed by atoms with Crippen LogP contribution in [-0.4, -0.2) is 62.9 Å². The predicted molar refractivity (Wildman–Crippen MR) is 122 cm³/mol. The molecule has 0 aliphatic carbocycles. The normalized spacial score (nSPS) is 28.1. The Morgan fingerprint density at radius 2 is 1.78 bits per heavy atom. The molecule has 0 aromatic heterocycles. The molecular weight excluding hydrogens is 452 g/mol. The Hall–Kier alpha value is -2.10. The van der Waals surface area contributed by atoms with Crippen LogP contribution in [0.15, 0.2) is 60.7 Å². The Balaban J connectivity index is 1.67. The zero-order valence-corrected chi connectivity index (χ0v) is 19.0. The molecule has 5 atom stereocenters. The summed E-state index contributed by atoms with van der Waals surface area (Å²) in [4.78, 5) is 27.6. The molecule has 0 saturated carbocycles. The third kappa shape index (κ3) is 4.25. The van der Waals surface area contributed by atoms with E-state index in [1.54, 1.807) is 6.92 Å². The number of aliphatic hydroxyl groups excluding tert-OH is 1. The van der Waals surface area contributed by atoms with Gasteiger partial charge in [-0.25, -0.2) is 4.79 Å². The number of nitrogens with two attached hydrogens (primary N) is 1. The number of aliphatic hydroxyl groups is 1. The predicted octanol–water partition coefficient (Wildman–Crippen LogP) is 2.26. The van der Waals surface area contributed by atoms with Crippen molar-refractivity contribution in [3.8, 4) is 0 Å². The van der Waals surface area contributed by atoms with E-state index in [9.17, 15) is 14.7 Å². The number of hydrogen-bond acceptors (Lipinski definition) is 7. The highest BCUT2D eigenvalue weighted by Crippen LogP contribution is 2.44. The summed E-state index contributed by atoms with van der Waals surface area (Å²) in [5.41, 5.74) is 6.35. The first-order chi connectivity index (χ1) is 15.4. The van der Waals surface area contributed by atoms with Gasteiger partial charge in [-0.1, -0.05) is 60.7 Å². The Bertz CT molecular complexity index is 926. The van der Waals surface area contributed by atoms with Gasteiger partial charge in [0.1, 0.15) is 17.0 Å². The summed E-state index contributed by atoms with van der Waals surface area (Å²) in [6, 6.07) is 17.0. The van der Waals surface area contributed by atoms with Crippen LogP contribution in [0.1, 0.15) is 24.2 Å². The van der Waals surface area contributed by atoms with Gasteiger partial charge in [-0.2, -0.15) is 0 Å². The Morgan fingerprint density at radius 3 is 2.31 bits per heavy atom. The van der Waals surface area contributed by atoms with Crippen molar-refractivity contribution >= 4 is 35.2 Å². The number of nitrogens with zero attached hydrogens (tertiary/aromatic N) is 1. The van der Waals surface area contributed by atoms with Crippen LogP contribution >= 0.6 is 23.4 Å². The van der Waals surface area contributed by atoms with Crippen molar-refractivity contribution < 1.29 is 24.2 Å². The molecule has 3 unspecified atom stereocenters. The smallest absolute Gasteiger partial charge is 0.332 e. The molecule has 2 saturated heterocycles. The fourth-order valence-electron chi connectivity index (χ4n) is 4.16. The number of rotatable bonds is 7. The molecule has 0 bridgehead atoms. The summed E-state index contributed by atoms with van der Waals surface area (Å²) >= 11 is 7.15. The highest BCUT2D eigenvalue weighted by atomic mass is 35.5. The fourth-order valence-corrected chi connectivity index (χ4v) is 5.66. The molecule has 2 aromatic carbocycles. The largest absolute Gasteiger partial charge is 0.451 e. The second-order valence-electron chi connectivity index (χ2n) is 8.05. The first-order valence-electron chi connectivity index (χ1n) is 10.3. The van der Waals surface area contributed by atoms with Gasteiger partial charge in [0, 0.05) is 5.75 Å². The molecule has 32 heavy (non-hydrogen) atoms. The number of β-lactam (4-membered cyclic amide) rings is 1. The van der Waals surface area contributed by atoms with Crippen molar-refractivity contribution in [2.75, 3.05) is 11.6 Å². The molecule has 2 aromatic rings. The quantitative estimate of drug-likeness (QED) is 0.273. The van der Waals surface area contributed by atoms with E-state index in [-0.39, 0.29) is 17.2 Å². The van der Waals surface area contributed by atoms with E-state index in [1.165, 1.54) is 16.7 Å². The van der Waals surface area contributed by atoms with Crippen molar-refractivity contribution in [2.45, 2.75) is 42.4 Å². The van der Waals surface area contributed by atoms with Crippen molar-refractivity contribution in [1.29, 1.82) is 0 Å². The SMILES string of the molecule is CC1(OC(O)CCl)CSC2[C@H](N)C(=O)N2[C@H]1C(=O)OC(c1ccccc1)c1ccccc1. The Labute approximate surface area is 195 Å². The van der Waals surface area contributed by atoms with Crippen molar-refractivity contribution in [2.24, 2.45) is 5.73 Å². The number of thioether (sulfide) groups is 1. The van der Waals surface area contributed by atoms with Gasteiger partial charge in [0.2, 0.25) is 5.91 Å². The van der Waals surface area contributed by atoms with Crippen LogP contribution in [-0.2, 0) is 19.1 Å². The monoisotopic (exact) mass is 476 g/mol.